The van der Waals surface area contributed by atoms with Gasteiger partial charge in [-0.1, -0.05) is 23.7 Å². The standard InChI is InChI=1S/C19H19ClFNO5/c1-2-25-16-5-3-4-6-17(16)26-10-9-19(24)27-12-18(23)22-13-7-8-15(21)14(20)11-13/h3-8,11H,2,9-10,12H2,1H3,(H,22,23). The molecule has 0 radical (unpaired) electrons. The summed E-state index contributed by atoms with van der Waals surface area (Å²) >= 11 is 5.63. The fraction of sp³-hybridized carbons (Fsp3) is 0.263. The second kappa shape index (κ2) is 10.4. The van der Waals surface area contributed by atoms with Gasteiger partial charge >= 0.3 is 5.97 Å². The average molecular weight is 396 g/mol. The van der Waals surface area contributed by atoms with E-state index >= 15 is 0 Å². The van der Waals surface area contributed by atoms with Crippen LogP contribution in [0, 0.1) is 5.82 Å². The van der Waals surface area contributed by atoms with Crippen molar-refractivity contribution in [3.63, 3.8) is 0 Å². The monoisotopic (exact) mass is 395 g/mol. The fourth-order valence-electron chi connectivity index (χ4n) is 2.08. The van der Waals surface area contributed by atoms with Crippen LogP contribution in [-0.2, 0) is 14.3 Å². The predicted octanol–water partition coefficient (Wildman–Crippen LogP) is 3.83. The third kappa shape index (κ3) is 6.79. The van der Waals surface area contributed by atoms with E-state index in [1.54, 1.807) is 18.2 Å². The summed E-state index contributed by atoms with van der Waals surface area (Å²) in [5, 5.41) is 2.34. The molecule has 0 aromatic heterocycles. The van der Waals surface area contributed by atoms with Gasteiger partial charge in [0.15, 0.2) is 18.1 Å². The predicted molar refractivity (Wildman–Crippen MR) is 98.7 cm³/mol. The van der Waals surface area contributed by atoms with Crippen LogP contribution in [0.15, 0.2) is 42.5 Å². The third-order valence-electron chi connectivity index (χ3n) is 3.28. The zero-order chi connectivity index (χ0) is 19.6. The van der Waals surface area contributed by atoms with Crippen LogP contribution >= 0.6 is 11.6 Å². The number of carbonyl (C=O) groups is 2. The van der Waals surface area contributed by atoms with Gasteiger partial charge < -0.3 is 19.5 Å². The van der Waals surface area contributed by atoms with Crippen LogP contribution < -0.4 is 14.8 Å². The molecule has 0 heterocycles. The minimum atomic E-state index is -0.591. The van der Waals surface area contributed by atoms with E-state index in [1.165, 1.54) is 12.1 Å². The van der Waals surface area contributed by atoms with Crippen molar-refractivity contribution in [2.45, 2.75) is 13.3 Å². The number of hydrogen-bond donors (Lipinski definition) is 1. The molecule has 1 N–H and O–H groups in total. The number of hydrogen-bond acceptors (Lipinski definition) is 5. The molecule has 2 aromatic rings. The van der Waals surface area contributed by atoms with Crippen molar-refractivity contribution >= 4 is 29.2 Å². The zero-order valence-corrected chi connectivity index (χ0v) is 15.4. The number of carbonyl (C=O) groups excluding carboxylic acids is 2. The molecule has 0 unspecified atom stereocenters. The quantitative estimate of drug-likeness (QED) is 0.653. The molecule has 0 saturated carbocycles. The first-order valence-corrected chi connectivity index (χ1v) is 8.62. The smallest absolute Gasteiger partial charge is 0.309 e. The van der Waals surface area contributed by atoms with Crippen LogP contribution in [0.4, 0.5) is 10.1 Å². The van der Waals surface area contributed by atoms with Crippen LogP contribution in [0.3, 0.4) is 0 Å². The van der Waals surface area contributed by atoms with Crippen molar-refractivity contribution in [3.05, 3.63) is 53.3 Å². The van der Waals surface area contributed by atoms with E-state index in [0.29, 0.717) is 23.8 Å². The van der Waals surface area contributed by atoms with Crippen LogP contribution in [0.1, 0.15) is 13.3 Å². The summed E-state index contributed by atoms with van der Waals surface area (Å²) in [5.74, 6) is -0.624. The van der Waals surface area contributed by atoms with Gasteiger partial charge in [0, 0.05) is 5.69 Å². The first kappa shape index (κ1) is 20.5. The van der Waals surface area contributed by atoms with Crippen LogP contribution in [0.2, 0.25) is 5.02 Å². The molecule has 27 heavy (non-hydrogen) atoms. The molecule has 6 nitrogen and oxygen atoms in total. The highest BCUT2D eigenvalue weighted by Gasteiger charge is 2.10. The third-order valence-corrected chi connectivity index (χ3v) is 3.57. The van der Waals surface area contributed by atoms with E-state index in [-0.39, 0.29) is 18.1 Å². The average Bonchev–Trinajstić information content (AvgIpc) is 2.65. The first-order chi connectivity index (χ1) is 13.0. The summed E-state index contributed by atoms with van der Waals surface area (Å²) in [6, 6.07) is 10.9. The van der Waals surface area contributed by atoms with Crippen molar-refractivity contribution in [1.82, 2.24) is 0 Å². The summed E-state index contributed by atoms with van der Waals surface area (Å²) in [5.41, 5.74) is 0.304. The Hall–Kier alpha value is -2.80. The number of para-hydroxylation sites is 2. The van der Waals surface area contributed by atoms with Gasteiger partial charge in [-0.3, -0.25) is 9.59 Å². The molecule has 0 saturated heterocycles. The lowest BCUT2D eigenvalue weighted by atomic mass is 10.3. The maximum absolute atomic E-state index is 13.1. The normalized spacial score (nSPS) is 10.2. The molecule has 0 aliphatic carbocycles. The van der Waals surface area contributed by atoms with Crippen molar-refractivity contribution < 1.29 is 28.2 Å². The van der Waals surface area contributed by atoms with Gasteiger partial charge in [-0.15, -0.1) is 0 Å². The topological polar surface area (TPSA) is 73.9 Å². The number of nitrogens with one attached hydrogen (secondary N) is 1. The van der Waals surface area contributed by atoms with E-state index in [9.17, 15) is 14.0 Å². The van der Waals surface area contributed by atoms with Crippen molar-refractivity contribution in [2.24, 2.45) is 0 Å². The van der Waals surface area contributed by atoms with Gasteiger partial charge in [-0.2, -0.15) is 0 Å². The molecule has 2 rings (SSSR count). The number of amides is 1. The summed E-state index contributed by atoms with van der Waals surface area (Å²) in [6.45, 7) is 1.97. The van der Waals surface area contributed by atoms with Crippen molar-refractivity contribution in [1.29, 1.82) is 0 Å². The maximum Gasteiger partial charge on any atom is 0.309 e. The van der Waals surface area contributed by atoms with Gasteiger partial charge in [0.1, 0.15) is 5.82 Å². The van der Waals surface area contributed by atoms with Gasteiger partial charge in [-0.05, 0) is 37.3 Å². The van der Waals surface area contributed by atoms with Crippen LogP contribution in [0.5, 0.6) is 11.5 Å². The molecule has 0 spiro atoms. The van der Waals surface area contributed by atoms with Crippen LogP contribution in [-0.4, -0.2) is 31.7 Å². The lowest BCUT2D eigenvalue weighted by molar-refractivity contribution is -0.147. The van der Waals surface area contributed by atoms with E-state index in [0.717, 1.165) is 6.07 Å². The Morgan fingerprint density at radius 3 is 2.48 bits per heavy atom. The Morgan fingerprint density at radius 2 is 1.81 bits per heavy atom. The first-order valence-electron chi connectivity index (χ1n) is 8.24. The Balaban J connectivity index is 1.71. The summed E-state index contributed by atoms with van der Waals surface area (Å²) < 4.78 is 28.9. The Bertz CT molecular complexity index is 799. The van der Waals surface area contributed by atoms with E-state index in [1.807, 2.05) is 13.0 Å². The zero-order valence-electron chi connectivity index (χ0n) is 14.7. The molecule has 0 bridgehead atoms. The van der Waals surface area contributed by atoms with Crippen molar-refractivity contribution in [2.75, 3.05) is 25.1 Å². The molecule has 0 aliphatic rings. The number of halogens is 2. The van der Waals surface area contributed by atoms with E-state index < -0.39 is 24.3 Å². The number of ether oxygens (including phenoxy) is 3. The highest BCUT2D eigenvalue weighted by atomic mass is 35.5. The highest BCUT2D eigenvalue weighted by molar-refractivity contribution is 6.31. The second-order valence-corrected chi connectivity index (χ2v) is 5.72. The Morgan fingerprint density at radius 1 is 1.11 bits per heavy atom. The molecule has 8 heteroatoms. The lowest BCUT2D eigenvalue weighted by Gasteiger charge is -2.11. The van der Waals surface area contributed by atoms with Crippen LogP contribution in [0.25, 0.3) is 0 Å². The summed E-state index contributed by atoms with van der Waals surface area (Å²) in [4.78, 5) is 23.5. The van der Waals surface area contributed by atoms with Gasteiger partial charge in [0.05, 0.1) is 24.7 Å². The maximum atomic E-state index is 13.1. The molecule has 0 atom stereocenters. The van der Waals surface area contributed by atoms with E-state index in [2.05, 4.69) is 5.32 Å². The number of benzene rings is 2. The number of esters is 1. The summed E-state index contributed by atoms with van der Waals surface area (Å²) in [6.07, 6.45) is -0.0316. The van der Waals surface area contributed by atoms with Crippen molar-refractivity contribution in [3.8, 4) is 11.5 Å². The number of anilines is 1. The molecule has 144 valence electrons. The number of rotatable bonds is 9. The van der Waals surface area contributed by atoms with Gasteiger partial charge in [0.25, 0.3) is 5.91 Å². The molecule has 1 amide bonds. The SMILES string of the molecule is CCOc1ccccc1OCCC(=O)OCC(=O)Nc1ccc(F)c(Cl)c1. The fourth-order valence-corrected chi connectivity index (χ4v) is 2.26. The molecular formula is C19H19ClFNO5. The molecule has 0 fully saturated rings. The minimum Gasteiger partial charge on any atom is -0.490 e. The minimum absolute atomic E-state index is 0.0316. The van der Waals surface area contributed by atoms with Gasteiger partial charge in [-0.25, -0.2) is 4.39 Å². The summed E-state index contributed by atoms with van der Waals surface area (Å²) in [7, 11) is 0. The molecular weight excluding hydrogens is 377 g/mol. The lowest BCUT2D eigenvalue weighted by Crippen LogP contribution is -2.21. The second-order valence-electron chi connectivity index (χ2n) is 5.32. The molecule has 2 aromatic carbocycles. The Labute approximate surface area is 161 Å². The van der Waals surface area contributed by atoms with Gasteiger partial charge in [0.2, 0.25) is 0 Å². The van der Waals surface area contributed by atoms with E-state index in [4.69, 9.17) is 25.8 Å². The highest BCUT2D eigenvalue weighted by Crippen LogP contribution is 2.26. The Kier molecular flexibility index (Phi) is 7.88. The molecule has 0 aliphatic heterocycles. The largest absolute Gasteiger partial charge is 0.490 e.